The molecule has 1 amide bonds. The van der Waals surface area contributed by atoms with Crippen LogP contribution in [0.3, 0.4) is 0 Å². The number of quaternary nitrogens is 1. The summed E-state index contributed by atoms with van der Waals surface area (Å²) in [5, 5.41) is 13.9. The standard InChI is InChI=1S/C52H107N2O6P/c1-6-8-10-12-14-16-17-18-19-20-21-22-23-24-25-26-27-28-29-30-31-32-33-34-35-36-38-40-42-44-46-52(56)53-50(49-60-61(57,58)59-48-47-54(3,4)5)51(55)45-43-41-39-37-15-13-11-9-7-2/h50-51,55H,6-49H2,1-5H3,(H-,53,56,57,58)/p+1/t50-,51+/m0/s1. The molecule has 0 radical (unpaired) electrons. The Morgan fingerprint density at radius 1 is 0.492 bits per heavy atom. The zero-order chi connectivity index (χ0) is 45.0. The molecule has 61 heavy (non-hydrogen) atoms. The number of nitrogens with one attached hydrogen (secondary N) is 1. The Hall–Kier alpha value is -0.500. The molecule has 0 heterocycles. The van der Waals surface area contributed by atoms with Gasteiger partial charge in [-0.15, -0.1) is 0 Å². The van der Waals surface area contributed by atoms with E-state index in [1.807, 2.05) is 21.1 Å². The van der Waals surface area contributed by atoms with Crippen molar-refractivity contribution in [2.24, 2.45) is 0 Å². The van der Waals surface area contributed by atoms with Crippen LogP contribution < -0.4 is 5.32 Å². The second-order valence-corrected chi connectivity index (χ2v) is 21.4. The number of rotatable bonds is 50. The van der Waals surface area contributed by atoms with Crippen molar-refractivity contribution in [3.8, 4) is 0 Å². The molecule has 0 aromatic rings. The van der Waals surface area contributed by atoms with Crippen molar-refractivity contribution in [2.75, 3.05) is 40.9 Å². The molecule has 0 rings (SSSR count). The predicted molar refractivity (Wildman–Crippen MR) is 263 cm³/mol. The number of phosphoric acid groups is 1. The largest absolute Gasteiger partial charge is 0.472 e. The van der Waals surface area contributed by atoms with E-state index < -0.39 is 20.0 Å². The van der Waals surface area contributed by atoms with Gasteiger partial charge in [0, 0.05) is 6.42 Å². The highest BCUT2D eigenvalue weighted by Gasteiger charge is 2.28. The summed E-state index contributed by atoms with van der Waals surface area (Å²) >= 11 is 0. The van der Waals surface area contributed by atoms with Gasteiger partial charge in [-0.2, -0.15) is 0 Å². The van der Waals surface area contributed by atoms with Crippen molar-refractivity contribution in [1.82, 2.24) is 5.32 Å². The van der Waals surface area contributed by atoms with Crippen LogP contribution in [0.4, 0.5) is 0 Å². The molecular weight excluding hydrogens is 780 g/mol. The summed E-state index contributed by atoms with van der Waals surface area (Å²) in [6.07, 6.45) is 51.8. The molecule has 0 saturated heterocycles. The van der Waals surface area contributed by atoms with Crippen LogP contribution in [-0.4, -0.2) is 73.4 Å². The molecule has 9 heteroatoms. The SMILES string of the molecule is CCCCCCCCCCCCCCCCCCCCCCCCCCCCCCCCC(=O)N[C@@H](COP(=O)(O)OCC[N+](C)(C)C)[C@H](O)CCCCCCCCCCC. The number of aliphatic hydroxyl groups excluding tert-OH is 1. The van der Waals surface area contributed by atoms with Crippen LogP contribution in [0.2, 0.25) is 0 Å². The van der Waals surface area contributed by atoms with Crippen molar-refractivity contribution in [3.63, 3.8) is 0 Å². The van der Waals surface area contributed by atoms with Crippen molar-refractivity contribution in [2.45, 2.75) is 289 Å². The fourth-order valence-corrected chi connectivity index (χ4v) is 9.08. The molecule has 3 atom stereocenters. The molecule has 0 aliphatic heterocycles. The minimum Gasteiger partial charge on any atom is -0.391 e. The van der Waals surface area contributed by atoms with Gasteiger partial charge in [0.2, 0.25) is 5.91 Å². The Morgan fingerprint density at radius 2 is 0.787 bits per heavy atom. The third-order valence-corrected chi connectivity index (χ3v) is 13.6. The number of hydrogen-bond donors (Lipinski definition) is 3. The number of unbranched alkanes of at least 4 members (excludes halogenated alkanes) is 37. The van der Waals surface area contributed by atoms with Gasteiger partial charge in [-0.3, -0.25) is 13.8 Å². The van der Waals surface area contributed by atoms with Crippen molar-refractivity contribution in [3.05, 3.63) is 0 Å². The molecule has 0 aromatic carbocycles. The predicted octanol–water partition coefficient (Wildman–Crippen LogP) is 15.7. The van der Waals surface area contributed by atoms with Crippen molar-refractivity contribution in [1.29, 1.82) is 0 Å². The topological polar surface area (TPSA) is 105 Å². The third-order valence-electron chi connectivity index (χ3n) is 12.6. The number of carbonyl (C=O) groups is 1. The number of hydrogen-bond acceptors (Lipinski definition) is 5. The Morgan fingerprint density at radius 3 is 1.10 bits per heavy atom. The van der Waals surface area contributed by atoms with E-state index in [1.54, 1.807) is 0 Å². The summed E-state index contributed by atoms with van der Waals surface area (Å²) in [5.74, 6) is -0.140. The molecule has 1 unspecified atom stereocenters. The van der Waals surface area contributed by atoms with Crippen LogP contribution in [0.25, 0.3) is 0 Å². The molecule has 8 nitrogen and oxygen atoms in total. The normalized spacial score (nSPS) is 14.0. The maximum Gasteiger partial charge on any atom is 0.472 e. The van der Waals surface area contributed by atoms with Gasteiger partial charge < -0.3 is 19.8 Å². The lowest BCUT2D eigenvalue weighted by Gasteiger charge is -2.26. The van der Waals surface area contributed by atoms with Gasteiger partial charge in [-0.25, -0.2) is 4.57 Å². The lowest BCUT2D eigenvalue weighted by atomic mass is 10.0. The summed E-state index contributed by atoms with van der Waals surface area (Å²) in [6.45, 7) is 4.90. The summed E-state index contributed by atoms with van der Waals surface area (Å²) in [5.41, 5.74) is 0. The number of aliphatic hydroxyl groups is 1. The number of amides is 1. The van der Waals surface area contributed by atoms with Crippen LogP contribution in [0.5, 0.6) is 0 Å². The lowest BCUT2D eigenvalue weighted by Crippen LogP contribution is -2.46. The number of nitrogens with zero attached hydrogens (tertiary/aromatic N) is 1. The Balaban J connectivity index is 3.90. The van der Waals surface area contributed by atoms with E-state index in [-0.39, 0.29) is 19.1 Å². The second-order valence-electron chi connectivity index (χ2n) is 20.0. The van der Waals surface area contributed by atoms with Crippen LogP contribution >= 0.6 is 7.82 Å². The van der Waals surface area contributed by atoms with E-state index in [9.17, 15) is 19.4 Å². The van der Waals surface area contributed by atoms with Gasteiger partial charge >= 0.3 is 7.82 Å². The second kappa shape index (κ2) is 44.7. The Kier molecular flexibility index (Phi) is 44.3. The lowest BCUT2D eigenvalue weighted by molar-refractivity contribution is -0.870. The average Bonchev–Trinajstić information content (AvgIpc) is 3.21. The minimum atomic E-state index is -4.31. The van der Waals surface area contributed by atoms with Gasteiger partial charge in [-0.1, -0.05) is 258 Å². The van der Waals surface area contributed by atoms with Gasteiger partial charge in [-0.05, 0) is 12.8 Å². The molecular formula is C52H108N2O6P+. The average molecular weight is 888 g/mol. The highest BCUT2D eigenvalue weighted by atomic mass is 31.2. The first kappa shape index (κ1) is 60.5. The first-order chi connectivity index (χ1) is 29.5. The van der Waals surface area contributed by atoms with Gasteiger partial charge in [0.15, 0.2) is 0 Å². The molecule has 0 spiro atoms. The molecule has 3 N–H and O–H groups in total. The zero-order valence-corrected chi connectivity index (χ0v) is 42.6. The van der Waals surface area contributed by atoms with Gasteiger partial charge in [0.1, 0.15) is 13.2 Å². The quantitative estimate of drug-likeness (QED) is 0.0319. The molecule has 0 aliphatic rings. The number of phosphoric ester groups is 1. The molecule has 0 saturated carbocycles. The van der Waals surface area contributed by atoms with Gasteiger partial charge in [0.05, 0.1) is 39.9 Å². The third kappa shape index (κ3) is 47.3. The maximum absolute atomic E-state index is 12.9. The fourth-order valence-electron chi connectivity index (χ4n) is 8.34. The number of carbonyl (C=O) groups excluding carboxylic acids is 1. The summed E-state index contributed by atoms with van der Waals surface area (Å²) in [4.78, 5) is 23.2. The van der Waals surface area contributed by atoms with Crippen molar-refractivity contribution >= 4 is 13.7 Å². The first-order valence-electron chi connectivity index (χ1n) is 26.9. The van der Waals surface area contributed by atoms with E-state index in [1.165, 1.54) is 212 Å². The minimum absolute atomic E-state index is 0.0784. The van der Waals surface area contributed by atoms with Gasteiger partial charge in [0.25, 0.3) is 0 Å². The summed E-state index contributed by atoms with van der Waals surface area (Å²) < 4.78 is 23.6. The smallest absolute Gasteiger partial charge is 0.391 e. The maximum atomic E-state index is 12.9. The van der Waals surface area contributed by atoms with E-state index in [0.29, 0.717) is 23.9 Å². The highest BCUT2D eigenvalue weighted by molar-refractivity contribution is 7.47. The van der Waals surface area contributed by atoms with Crippen LogP contribution in [0.15, 0.2) is 0 Å². The summed E-state index contributed by atoms with van der Waals surface area (Å²) in [7, 11) is 1.63. The van der Waals surface area contributed by atoms with E-state index in [4.69, 9.17) is 9.05 Å². The van der Waals surface area contributed by atoms with Crippen molar-refractivity contribution < 1.29 is 32.9 Å². The molecule has 366 valence electrons. The Labute approximate surface area is 380 Å². The van der Waals surface area contributed by atoms with E-state index in [0.717, 1.165) is 38.5 Å². The molecule has 0 fully saturated rings. The molecule has 0 aromatic heterocycles. The Bertz CT molecular complexity index is 963. The molecule has 0 bridgehead atoms. The van der Waals surface area contributed by atoms with Crippen LogP contribution in [0.1, 0.15) is 277 Å². The first-order valence-corrected chi connectivity index (χ1v) is 28.4. The monoisotopic (exact) mass is 888 g/mol. The zero-order valence-electron chi connectivity index (χ0n) is 41.7. The van der Waals surface area contributed by atoms with Crippen LogP contribution in [-0.2, 0) is 18.4 Å². The fraction of sp³-hybridized carbons (Fsp3) is 0.981. The number of likely N-dealkylation sites (N-methyl/N-ethyl adjacent to an activating group) is 1. The van der Waals surface area contributed by atoms with Crippen LogP contribution in [0, 0.1) is 0 Å². The van der Waals surface area contributed by atoms with E-state index >= 15 is 0 Å². The highest BCUT2D eigenvalue weighted by Crippen LogP contribution is 2.43. The summed E-state index contributed by atoms with van der Waals surface area (Å²) in [6, 6.07) is -0.752. The van der Waals surface area contributed by atoms with E-state index in [2.05, 4.69) is 19.2 Å². The molecule has 0 aliphatic carbocycles.